The van der Waals surface area contributed by atoms with Gasteiger partial charge in [-0.25, -0.2) is 14.2 Å². The molecule has 6 heteroatoms. The van der Waals surface area contributed by atoms with E-state index >= 15 is 0 Å². The molecule has 20 heavy (non-hydrogen) atoms. The van der Waals surface area contributed by atoms with Gasteiger partial charge in [-0.1, -0.05) is 31.0 Å². The molecule has 1 aromatic heterocycles. The number of halogens is 2. The van der Waals surface area contributed by atoms with E-state index in [9.17, 15) is 9.18 Å². The lowest BCUT2D eigenvalue weighted by atomic mass is 10.2. The second-order valence-corrected chi connectivity index (χ2v) is 4.54. The van der Waals surface area contributed by atoms with E-state index in [2.05, 4.69) is 9.72 Å². The van der Waals surface area contributed by atoms with Crippen LogP contribution < -0.4 is 0 Å². The van der Waals surface area contributed by atoms with E-state index in [0.717, 1.165) is 6.42 Å². The fourth-order valence-electron chi connectivity index (χ4n) is 1.82. The highest BCUT2D eigenvalue weighted by atomic mass is 35.5. The van der Waals surface area contributed by atoms with Crippen molar-refractivity contribution in [2.45, 2.75) is 19.8 Å². The minimum atomic E-state index is -0.639. The maximum Gasteiger partial charge on any atom is 0.376 e. The number of carbonyl (C=O) groups excluding carboxylic acids is 1. The Kier molecular flexibility index (Phi) is 4.39. The van der Waals surface area contributed by atoms with Crippen molar-refractivity contribution in [2.75, 3.05) is 7.11 Å². The number of carbonyl (C=O) groups is 1. The summed E-state index contributed by atoms with van der Waals surface area (Å²) >= 11 is 5.96. The highest BCUT2D eigenvalue weighted by Crippen LogP contribution is 2.31. The Morgan fingerprint density at radius 3 is 2.85 bits per heavy atom. The summed E-state index contributed by atoms with van der Waals surface area (Å²) in [5.74, 6) is -1.22. The Morgan fingerprint density at radius 2 is 2.25 bits per heavy atom. The number of oxazole rings is 1. The zero-order valence-electron chi connectivity index (χ0n) is 11.1. The van der Waals surface area contributed by atoms with Crippen molar-refractivity contribution in [3.63, 3.8) is 0 Å². The normalized spacial score (nSPS) is 10.6. The molecule has 0 aliphatic rings. The molecule has 0 aliphatic heterocycles. The summed E-state index contributed by atoms with van der Waals surface area (Å²) in [6, 6.07) is 4.27. The van der Waals surface area contributed by atoms with Gasteiger partial charge in [-0.15, -0.1) is 0 Å². The number of ether oxygens (including phenoxy) is 1. The number of nitrogens with zero attached hydrogens (tertiary/aromatic N) is 1. The van der Waals surface area contributed by atoms with Crippen LogP contribution in [0.25, 0.3) is 11.5 Å². The van der Waals surface area contributed by atoms with Crippen LogP contribution in [0, 0.1) is 5.82 Å². The highest BCUT2D eigenvalue weighted by Gasteiger charge is 2.23. The van der Waals surface area contributed by atoms with Crippen molar-refractivity contribution >= 4 is 17.6 Å². The van der Waals surface area contributed by atoms with Gasteiger partial charge in [0.2, 0.25) is 11.7 Å². The molecule has 4 nitrogen and oxygen atoms in total. The summed E-state index contributed by atoms with van der Waals surface area (Å²) in [6.07, 6.45) is 1.29. The lowest BCUT2D eigenvalue weighted by Crippen LogP contribution is -2.03. The first-order valence-corrected chi connectivity index (χ1v) is 6.48. The average molecular weight is 298 g/mol. The first kappa shape index (κ1) is 14.5. The third kappa shape index (κ3) is 2.67. The van der Waals surface area contributed by atoms with E-state index < -0.39 is 11.8 Å². The van der Waals surface area contributed by atoms with Crippen LogP contribution >= 0.6 is 11.6 Å². The largest absolute Gasteiger partial charge is 0.463 e. The lowest BCUT2D eigenvalue weighted by Gasteiger charge is -2.00. The second-order valence-electron chi connectivity index (χ2n) is 4.13. The molecule has 106 valence electrons. The molecule has 0 unspecified atom stereocenters. The maximum atomic E-state index is 13.8. The Hall–Kier alpha value is -1.88. The predicted octanol–water partition coefficient (Wildman–Crippen LogP) is 3.87. The lowest BCUT2D eigenvalue weighted by molar-refractivity contribution is 0.0564. The Bertz CT molecular complexity index is 619. The fourth-order valence-corrected chi connectivity index (χ4v) is 2.06. The van der Waals surface area contributed by atoms with E-state index in [0.29, 0.717) is 12.1 Å². The number of esters is 1. The summed E-state index contributed by atoms with van der Waals surface area (Å²) in [6.45, 7) is 1.94. The smallest absolute Gasteiger partial charge is 0.376 e. The topological polar surface area (TPSA) is 52.3 Å². The number of aryl methyl sites for hydroxylation is 1. The molecular formula is C14H13ClFNO3. The average Bonchev–Trinajstić information content (AvgIpc) is 2.82. The van der Waals surface area contributed by atoms with Gasteiger partial charge in [-0.05, 0) is 18.6 Å². The van der Waals surface area contributed by atoms with Crippen molar-refractivity contribution < 1.29 is 18.3 Å². The minimum Gasteiger partial charge on any atom is -0.463 e. The van der Waals surface area contributed by atoms with Gasteiger partial charge in [-0.3, -0.25) is 0 Å². The van der Waals surface area contributed by atoms with E-state index in [1.165, 1.54) is 25.3 Å². The van der Waals surface area contributed by atoms with Crippen LogP contribution in [0.15, 0.2) is 22.6 Å². The molecule has 2 aromatic rings. The van der Waals surface area contributed by atoms with Crippen LogP contribution in [0.2, 0.25) is 5.02 Å². The van der Waals surface area contributed by atoms with Crippen LogP contribution in [0.4, 0.5) is 4.39 Å². The SMILES string of the molecule is CCCc1nc(-c2c(F)cccc2Cl)oc1C(=O)OC. The van der Waals surface area contributed by atoms with Gasteiger partial charge in [-0.2, -0.15) is 0 Å². The van der Waals surface area contributed by atoms with E-state index in [4.69, 9.17) is 16.0 Å². The first-order valence-electron chi connectivity index (χ1n) is 6.10. The number of hydrogen-bond donors (Lipinski definition) is 0. The van der Waals surface area contributed by atoms with Gasteiger partial charge in [0.05, 0.1) is 23.4 Å². The van der Waals surface area contributed by atoms with E-state index in [1.807, 2.05) is 6.92 Å². The quantitative estimate of drug-likeness (QED) is 0.804. The summed E-state index contributed by atoms with van der Waals surface area (Å²) in [5.41, 5.74) is 0.482. The minimum absolute atomic E-state index is 0.0105. The van der Waals surface area contributed by atoms with Crippen LogP contribution in [0.5, 0.6) is 0 Å². The maximum absolute atomic E-state index is 13.8. The van der Waals surface area contributed by atoms with E-state index in [-0.39, 0.29) is 22.2 Å². The molecule has 0 spiro atoms. The van der Waals surface area contributed by atoms with Gasteiger partial charge in [0.1, 0.15) is 5.82 Å². The number of hydrogen-bond acceptors (Lipinski definition) is 4. The fraction of sp³-hybridized carbons (Fsp3) is 0.286. The van der Waals surface area contributed by atoms with Gasteiger partial charge >= 0.3 is 5.97 Å². The van der Waals surface area contributed by atoms with Crippen LogP contribution in [0.3, 0.4) is 0 Å². The molecule has 0 aliphatic carbocycles. The monoisotopic (exact) mass is 297 g/mol. The zero-order valence-corrected chi connectivity index (χ0v) is 11.8. The molecule has 0 radical (unpaired) electrons. The molecule has 1 aromatic carbocycles. The molecule has 0 atom stereocenters. The van der Waals surface area contributed by atoms with Crippen LogP contribution in [0.1, 0.15) is 29.6 Å². The Morgan fingerprint density at radius 1 is 1.50 bits per heavy atom. The Balaban J connectivity index is 2.56. The summed E-state index contributed by atoms with van der Waals surface area (Å²) in [7, 11) is 1.25. The number of methoxy groups -OCH3 is 1. The second kappa shape index (κ2) is 6.05. The molecule has 1 heterocycles. The summed E-state index contributed by atoms with van der Waals surface area (Å²) in [5, 5.41) is 0.172. The van der Waals surface area contributed by atoms with Crippen molar-refractivity contribution in [1.82, 2.24) is 4.98 Å². The number of rotatable bonds is 4. The Labute approximate surface area is 120 Å². The van der Waals surface area contributed by atoms with Crippen LogP contribution in [-0.4, -0.2) is 18.1 Å². The van der Waals surface area contributed by atoms with Crippen molar-refractivity contribution in [3.8, 4) is 11.5 Å². The number of aromatic nitrogens is 1. The third-order valence-electron chi connectivity index (χ3n) is 2.73. The van der Waals surface area contributed by atoms with Gasteiger partial charge in [0.15, 0.2) is 0 Å². The third-order valence-corrected chi connectivity index (χ3v) is 3.05. The molecule has 2 rings (SSSR count). The van der Waals surface area contributed by atoms with Crippen molar-refractivity contribution in [2.24, 2.45) is 0 Å². The molecule has 0 fully saturated rings. The van der Waals surface area contributed by atoms with Gasteiger partial charge < -0.3 is 9.15 Å². The standard InChI is InChI=1S/C14H13ClFNO3/c1-3-5-10-12(14(18)19-2)20-13(17-10)11-8(15)6-4-7-9(11)16/h4,6-7H,3,5H2,1-2H3. The van der Waals surface area contributed by atoms with Crippen molar-refractivity contribution in [3.05, 3.63) is 40.5 Å². The summed E-state index contributed by atoms with van der Waals surface area (Å²) in [4.78, 5) is 15.8. The first-order chi connectivity index (χ1) is 9.58. The van der Waals surface area contributed by atoms with Gasteiger partial charge in [0, 0.05) is 0 Å². The molecular weight excluding hydrogens is 285 g/mol. The molecule has 0 saturated heterocycles. The van der Waals surface area contributed by atoms with Crippen molar-refractivity contribution in [1.29, 1.82) is 0 Å². The highest BCUT2D eigenvalue weighted by molar-refractivity contribution is 6.33. The van der Waals surface area contributed by atoms with E-state index in [1.54, 1.807) is 0 Å². The predicted molar refractivity (Wildman–Crippen MR) is 72.2 cm³/mol. The zero-order chi connectivity index (χ0) is 14.7. The molecule has 0 N–H and O–H groups in total. The molecule has 0 amide bonds. The van der Waals surface area contributed by atoms with Crippen LogP contribution in [-0.2, 0) is 11.2 Å². The molecule has 0 saturated carbocycles. The van der Waals surface area contributed by atoms with Gasteiger partial charge in [0.25, 0.3) is 0 Å². The summed E-state index contributed by atoms with van der Waals surface area (Å²) < 4.78 is 23.8. The molecule has 0 bridgehead atoms. The number of benzene rings is 1.